The van der Waals surface area contributed by atoms with Crippen molar-refractivity contribution in [2.75, 3.05) is 19.7 Å². The number of hydrogen-bond donors (Lipinski definition) is 3. The minimum atomic E-state index is -0.790. The SMILES string of the molecule is CC(CCC(=O)NCC1CC1C(=O)O)CNC(=O)OCC1c2ccccc2-c2ccccc21. The van der Waals surface area contributed by atoms with E-state index in [1.807, 2.05) is 31.2 Å². The molecule has 2 aliphatic carbocycles. The Morgan fingerprint density at radius 3 is 2.27 bits per heavy atom. The Balaban J connectivity index is 1.16. The molecule has 4 rings (SSSR count). The van der Waals surface area contributed by atoms with Crippen molar-refractivity contribution < 1.29 is 24.2 Å². The first kappa shape index (κ1) is 22.8. The normalized spacial score (nSPS) is 19.2. The predicted octanol–water partition coefficient (Wildman–Crippen LogP) is 3.78. The molecule has 3 unspecified atom stereocenters. The molecule has 33 heavy (non-hydrogen) atoms. The summed E-state index contributed by atoms with van der Waals surface area (Å²) in [6, 6.07) is 16.4. The van der Waals surface area contributed by atoms with Gasteiger partial charge in [0.15, 0.2) is 0 Å². The number of carboxylic acid groups (broad SMARTS) is 1. The summed E-state index contributed by atoms with van der Waals surface area (Å²) in [6.45, 7) is 3.09. The number of alkyl carbamates (subject to hydrolysis) is 1. The molecule has 3 N–H and O–H groups in total. The van der Waals surface area contributed by atoms with Crippen LogP contribution in [0.2, 0.25) is 0 Å². The number of amides is 2. The smallest absolute Gasteiger partial charge is 0.407 e. The fourth-order valence-corrected chi connectivity index (χ4v) is 4.50. The Bertz CT molecular complexity index is 991. The minimum Gasteiger partial charge on any atom is -0.481 e. The Morgan fingerprint density at radius 1 is 1.03 bits per heavy atom. The first-order chi connectivity index (χ1) is 15.9. The molecule has 174 valence electrons. The van der Waals surface area contributed by atoms with Crippen molar-refractivity contribution in [3.63, 3.8) is 0 Å². The number of rotatable bonds is 10. The highest BCUT2D eigenvalue weighted by Gasteiger charge is 2.42. The van der Waals surface area contributed by atoms with Gasteiger partial charge in [0.2, 0.25) is 5.91 Å². The maximum atomic E-state index is 12.3. The highest BCUT2D eigenvalue weighted by Crippen LogP contribution is 2.44. The molecule has 0 aromatic heterocycles. The largest absolute Gasteiger partial charge is 0.481 e. The Morgan fingerprint density at radius 2 is 1.67 bits per heavy atom. The third-order valence-electron chi connectivity index (χ3n) is 6.60. The van der Waals surface area contributed by atoms with Crippen molar-refractivity contribution in [2.24, 2.45) is 17.8 Å². The van der Waals surface area contributed by atoms with E-state index in [2.05, 4.69) is 34.9 Å². The highest BCUT2D eigenvalue weighted by molar-refractivity contribution is 5.79. The van der Waals surface area contributed by atoms with Gasteiger partial charge in [-0.3, -0.25) is 9.59 Å². The molecule has 1 fully saturated rings. The van der Waals surface area contributed by atoms with Crippen LogP contribution in [0.4, 0.5) is 4.79 Å². The summed E-state index contributed by atoms with van der Waals surface area (Å²) in [4.78, 5) is 35.1. The molecule has 0 aliphatic heterocycles. The number of aliphatic carboxylic acids is 1. The second-order valence-electron chi connectivity index (χ2n) is 9.09. The van der Waals surface area contributed by atoms with Crippen LogP contribution in [0.3, 0.4) is 0 Å². The van der Waals surface area contributed by atoms with Gasteiger partial charge >= 0.3 is 12.1 Å². The zero-order valence-corrected chi connectivity index (χ0v) is 18.8. The zero-order chi connectivity index (χ0) is 23.4. The van der Waals surface area contributed by atoms with Crippen LogP contribution in [0.5, 0.6) is 0 Å². The van der Waals surface area contributed by atoms with Crippen LogP contribution in [0.1, 0.15) is 43.2 Å². The van der Waals surface area contributed by atoms with E-state index in [1.165, 1.54) is 22.3 Å². The van der Waals surface area contributed by atoms with E-state index >= 15 is 0 Å². The van der Waals surface area contributed by atoms with Crippen molar-refractivity contribution in [1.82, 2.24) is 10.6 Å². The number of fused-ring (bicyclic) bond motifs is 3. The maximum absolute atomic E-state index is 12.3. The number of ether oxygens (including phenoxy) is 1. The van der Waals surface area contributed by atoms with Crippen LogP contribution >= 0.6 is 0 Å². The Hall–Kier alpha value is -3.35. The van der Waals surface area contributed by atoms with Gasteiger partial charge in [0.1, 0.15) is 6.61 Å². The predicted molar refractivity (Wildman–Crippen MR) is 124 cm³/mol. The lowest BCUT2D eigenvalue weighted by Crippen LogP contribution is -2.31. The molecule has 7 heteroatoms. The molecular weight excluding hydrogens is 420 g/mol. The average molecular weight is 451 g/mol. The summed E-state index contributed by atoms with van der Waals surface area (Å²) < 4.78 is 5.54. The maximum Gasteiger partial charge on any atom is 0.407 e. The number of carbonyl (C=O) groups excluding carboxylic acids is 2. The van der Waals surface area contributed by atoms with Gasteiger partial charge in [-0.25, -0.2) is 4.79 Å². The molecule has 2 aromatic rings. The number of hydrogen-bond acceptors (Lipinski definition) is 4. The molecule has 2 aliphatic rings. The lowest BCUT2D eigenvalue weighted by atomic mass is 9.98. The van der Waals surface area contributed by atoms with Crippen molar-refractivity contribution in [3.8, 4) is 11.1 Å². The monoisotopic (exact) mass is 450 g/mol. The van der Waals surface area contributed by atoms with Gasteiger partial charge in [0.05, 0.1) is 5.92 Å². The highest BCUT2D eigenvalue weighted by atomic mass is 16.5. The van der Waals surface area contributed by atoms with E-state index < -0.39 is 12.1 Å². The topological polar surface area (TPSA) is 105 Å². The van der Waals surface area contributed by atoms with E-state index in [4.69, 9.17) is 9.84 Å². The lowest BCUT2D eigenvalue weighted by Gasteiger charge is -2.16. The summed E-state index contributed by atoms with van der Waals surface area (Å²) >= 11 is 0. The summed E-state index contributed by atoms with van der Waals surface area (Å²) in [5.41, 5.74) is 4.72. The molecule has 1 saturated carbocycles. The molecule has 2 amide bonds. The van der Waals surface area contributed by atoms with Crippen LogP contribution in [-0.2, 0) is 14.3 Å². The van der Waals surface area contributed by atoms with Gasteiger partial charge in [-0.1, -0.05) is 55.5 Å². The van der Waals surface area contributed by atoms with Crippen LogP contribution < -0.4 is 10.6 Å². The first-order valence-electron chi connectivity index (χ1n) is 11.5. The minimum absolute atomic E-state index is 0.0245. The van der Waals surface area contributed by atoms with E-state index in [9.17, 15) is 14.4 Å². The second kappa shape index (κ2) is 10.1. The van der Waals surface area contributed by atoms with Crippen molar-refractivity contribution in [1.29, 1.82) is 0 Å². The van der Waals surface area contributed by atoms with Gasteiger partial charge in [0, 0.05) is 25.4 Å². The second-order valence-corrected chi connectivity index (χ2v) is 9.09. The average Bonchev–Trinajstić information content (AvgIpc) is 3.54. The van der Waals surface area contributed by atoms with E-state index in [0.29, 0.717) is 32.4 Å². The number of carbonyl (C=O) groups is 3. The van der Waals surface area contributed by atoms with Gasteiger partial charge in [-0.2, -0.15) is 0 Å². The molecule has 2 aromatic carbocycles. The first-order valence-corrected chi connectivity index (χ1v) is 11.5. The fraction of sp³-hybridized carbons (Fsp3) is 0.423. The number of carboxylic acids is 1. The Kier molecular flexibility index (Phi) is 6.96. The van der Waals surface area contributed by atoms with Crippen LogP contribution in [0.15, 0.2) is 48.5 Å². The summed E-state index contributed by atoms with van der Waals surface area (Å²) in [7, 11) is 0. The van der Waals surface area contributed by atoms with Crippen molar-refractivity contribution in [3.05, 3.63) is 59.7 Å². The van der Waals surface area contributed by atoms with Gasteiger partial charge in [-0.05, 0) is 46.9 Å². The van der Waals surface area contributed by atoms with Crippen molar-refractivity contribution >= 4 is 18.0 Å². The molecule has 3 atom stereocenters. The van der Waals surface area contributed by atoms with Gasteiger partial charge in [0.25, 0.3) is 0 Å². The van der Waals surface area contributed by atoms with E-state index in [-0.39, 0.29) is 36.2 Å². The lowest BCUT2D eigenvalue weighted by molar-refractivity contribution is -0.139. The Labute approximate surface area is 193 Å². The summed E-state index contributed by atoms with van der Waals surface area (Å²) in [6.07, 6.45) is 1.15. The molecule has 0 bridgehead atoms. The van der Waals surface area contributed by atoms with Crippen LogP contribution in [0, 0.1) is 17.8 Å². The quantitative estimate of drug-likeness (QED) is 0.511. The molecule has 0 radical (unpaired) electrons. The van der Waals surface area contributed by atoms with Crippen LogP contribution in [0.25, 0.3) is 11.1 Å². The number of benzene rings is 2. The van der Waals surface area contributed by atoms with Gasteiger partial charge in [-0.15, -0.1) is 0 Å². The van der Waals surface area contributed by atoms with Crippen molar-refractivity contribution in [2.45, 2.75) is 32.1 Å². The molecular formula is C26H30N2O5. The third kappa shape index (κ3) is 5.53. The van der Waals surface area contributed by atoms with Gasteiger partial charge < -0.3 is 20.5 Å². The van der Waals surface area contributed by atoms with E-state index in [0.717, 1.165) is 0 Å². The molecule has 0 heterocycles. The van der Waals surface area contributed by atoms with Crippen LogP contribution in [-0.4, -0.2) is 42.8 Å². The molecule has 0 saturated heterocycles. The molecule has 0 spiro atoms. The number of nitrogens with one attached hydrogen (secondary N) is 2. The van der Waals surface area contributed by atoms with E-state index in [1.54, 1.807) is 0 Å². The fourth-order valence-electron chi connectivity index (χ4n) is 4.50. The summed E-state index contributed by atoms with van der Waals surface area (Å²) in [5, 5.41) is 14.5. The standard InChI is InChI=1S/C26H30N2O5/c1-16(10-11-24(29)27-14-17-12-22(17)25(30)31)13-28-26(32)33-15-23-20-8-4-2-6-18(20)19-7-3-5-9-21(19)23/h2-9,16-17,22-23H,10-15H2,1H3,(H,27,29)(H,28,32)(H,30,31). The third-order valence-corrected chi connectivity index (χ3v) is 6.60. The summed E-state index contributed by atoms with van der Waals surface area (Å²) in [5.74, 6) is -0.994. The zero-order valence-electron chi connectivity index (χ0n) is 18.8. The molecule has 7 nitrogen and oxygen atoms in total.